The average Bonchev–Trinajstić information content (AvgIpc) is 2.78. The highest BCUT2D eigenvalue weighted by Crippen LogP contribution is 2.40. The van der Waals surface area contributed by atoms with Crippen molar-refractivity contribution in [1.29, 1.82) is 0 Å². The molecule has 1 aromatic rings. The monoisotopic (exact) mass is 272 g/mol. The van der Waals surface area contributed by atoms with Crippen LogP contribution in [-0.2, 0) is 28.4 Å². The summed E-state index contributed by atoms with van der Waals surface area (Å²) in [7, 11) is 0. The molecule has 1 unspecified atom stereocenters. The van der Waals surface area contributed by atoms with Crippen molar-refractivity contribution in [2.45, 2.75) is 52.0 Å². The van der Waals surface area contributed by atoms with Crippen molar-refractivity contribution in [2.24, 2.45) is 0 Å². The second-order valence-electron chi connectivity index (χ2n) is 5.00. The van der Waals surface area contributed by atoms with E-state index >= 15 is 0 Å². The second-order valence-corrected chi connectivity index (χ2v) is 5.00. The first-order valence-corrected chi connectivity index (χ1v) is 6.48. The number of ether oxygens (including phenoxy) is 1. The zero-order chi connectivity index (χ0) is 14.2. The van der Waals surface area contributed by atoms with E-state index in [2.05, 4.69) is 5.10 Å². The lowest BCUT2D eigenvalue weighted by Crippen LogP contribution is -2.22. The Kier molecular flexibility index (Phi) is 3.60. The van der Waals surface area contributed by atoms with Crippen molar-refractivity contribution in [3.63, 3.8) is 0 Å². The Hall–Kier alpha value is -1.46. The molecular formula is C13H18F2N2O2. The molecule has 0 radical (unpaired) electrons. The van der Waals surface area contributed by atoms with E-state index in [0.29, 0.717) is 17.7 Å². The van der Waals surface area contributed by atoms with E-state index in [1.54, 1.807) is 6.92 Å². The standard InChI is InChI=1S/C13H18F2N2O2/c1-4-19-10(18)7-17-12(13(3,14)15)9-6-5-8(2)11(9)16-17/h8H,4-7H2,1-3H3. The van der Waals surface area contributed by atoms with Gasteiger partial charge in [0.05, 0.1) is 12.3 Å². The lowest BCUT2D eigenvalue weighted by molar-refractivity contribution is -0.144. The summed E-state index contributed by atoms with van der Waals surface area (Å²) in [6.45, 7) is 4.46. The Morgan fingerprint density at radius 3 is 2.84 bits per heavy atom. The van der Waals surface area contributed by atoms with Gasteiger partial charge in [-0.2, -0.15) is 13.9 Å². The number of fused-ring (bicyclic) bond motifs is 1. The Balaban J connectivity index is 2.38. The molecule has 0 fully saturated rings. The van der Waals surface area contributed by atoms with Crippen LogP contribution in [0.2, 0.25) is 0 Å². The number of esters is 1. The number of nitrogens with zero attached hydrogens (tertiary/aromatic N) is 2. The Bertz CT molecular complexity index is 492. The van der Waals surface area contributed by atoms with Gasteiger partial charge in [0.15, 0.2) is 0 Å². The third-order valence-electron chi connectivity index (χ3n) is 3.38. The molecule has 1 aromatic heterocycles. The molecule has 0 spiro atoms. The fraction of sp³-hybridized carbons (Fsp3) is 0.692. The van der Waals surface area contributed by atoms with E-state index < -0.39 is 11.9 Å². The smallest absolute Gasteiger partial charge is 0.327 e. The van der Waals surface area contributed by atoms with Gasteiger partial charge < -0.3 is 4.74 Å². The van der Waals surface area contributed by atoms with Gasteiger partial charge in [0.2, 0.25) is 0 Å². The van der Waals surface area contributed by atoms with Crippen LogP contribution in [0.5, 0.6) is 0 Å². The maximum atomic E-state index is 13.8. The number of carbonyl (C=O) groups excluding carboxylic acids is 1. The minimum absolute atomic E-state index is 0.139. The van der Waals surface area contributed by atoms with Crippen LogP contribution < -0.4 is 0 Å². The molecule has 1 heterocycles. The lowest BCUT2D eigenvalue weighted by Gasteiger charge is -2.15. The van der Waals surface area contributed by atoms with Crippen LogP contribution in [0, 0.1) is 0 Å². The van der Waals surface area contributed by atoms with E-state index in [-0.39, 0.29) is 24.8 Å². The lowest BCUT2D eigenvalue weighted by atomic mass is 10.1. The number of alkyl halides is 2. The number of hydrogen-bond donors (Lipinski definition) is 0. The van der Waals surface area contributed by atoms with Gasteiger partial charge in [0.1, 0.15) is 12.2 Å². The van der Waals surface area contributed by atoms with Crippen molar-refractivity contribution in [3.8, 4) is 0 Å². The molecule has 0 saturated carbocycles. The summed E-state index contributed by atoms with van der Waals surface area (Å²) in [5.41, 5.74) is 1.16. The first kappa shape index (κ1) is 14.0. The average molecular weight is 272 g/mol. The maximum Gasteiger partial charge on any atom is 0.327 e. The SMILES string of the molecule is CCOC(=O)Cn1nc2c(c1C(C)(F)F)CCC2C. The first-order valence-electron chi connectivity index (χ1n) is 6.48. The van der Waals surface area contributed by atoms with Gasteiger partial charge in [-0.25, -0.2) is 0 Å². The maximum absolute atomic E-state index is 13.8. The highest BCUT2D eigenvalue weighted by Gasteiger charge is 2.38. The van der Waals surface area contributed by atoms with E-state index in [9.17, 15) is 13.6 Å². The largest absolute Gasteiger partial charge is 0.465 e. The second kappa shape index (κ2) is 4.90. The predicted octanol–water partition coefficient (Wildman–Crippen LogP) is 2.61. The van der Waals surface area contributed by atoms with Crippen LogP contribution in [-0.4, -0.2) is 22.4 Å². The Morgan fingerprint density at radius 1 is 1.58 bits per heavy atom. The molecule has 2 rings (SSSR count). The summed E-state index contributed by atoms with van der Waals surface area (Å²) < 4.78 is 33.4. The van der Waals surface area contributed by atoms with E-state index in [0.717, 1.165) is 18.0 Å². The van der Waals surface area contributed by atoms with Gasteiger partial charge in [-0.15, -0.1) is 0 Å². The third kappa shape index (κ3) is 2.62. The third-order valence-corrected chi connectivity index (χ3v) is 3.38. The van der Waals surface area contributed by atoms with Gasteiger partial charge >= 0.3 is 5.97 Å². The molecule has 1 aliphatic carbocycles. The number of rotatable bonds is 4. The summed E-state index contributed by atoms with van der Waals surface area (Å²) in [4.78, 5) is 11.5. The topological polar surface area (TPSA) is 44.1 Å². The molecule has 1 aliphatic rings. The molecule has 6 heteroatoms. The summed E-state index contributed by atoms with van der Waals surface area (Å²) in [6.07, 6.45) is 1.43. The molecule has 0 bridgehead atoms. The van der Waals surface area contributed by atoms with Crippen LogP contribution in [0.3, 0.4) is 0 Å². The van der Waals surface area contributed by atoms with Crippen molar-refractivity contribution >= 4 is 5.97 Å². The fourth-order valence-corrected chi connectivity index (χ4v) is 2.59. The molecule has 4 nitrogen and oxygen atoms in total. The summed E-state index contributed by atoms with van der Waals surface area (Å²) in [5.74, 6) is -3.38. The first-order chi connectivity index (χ1) is 8.84. The predicted molar refractivity (Wildman–Crippen MR) is 65.2 cm³/mol. The fourth-order valence-electron chi connectivity index (χ4n) is 2.59. The van der Waals surface area contributed by atoms with Gasteiger partial charge in [-0.05, 0) is 19.8 Å². The quantitative estimate of drug-likeness (QED) is 0.791. The van der Waals surface area contributed by atoms with Crippen LogP contribution in [0.15, 0.2) is 0 Å². The van der Waals surface area contributed by atoms with Crippen LogP contribution in [0.4, 0.5) is 8.78 Å². The summed E-state index contributed by atoms with van der Waals surface area (Å²) >= 11 is 0. The van der Waals surface area contributed by atoms with E-state index in [1.165, 1.54) is 0 Å². The van der Waals surface area contributed by atoms with Crippen LogP contribution >= 0.6 is 0 Å². The Labute approximate surface area is 110 Å². The van der Waals surface area contributed by atoms with E-state index in [1.807, 2.05) is 6.92 Å². The molecule has 0 saturated heterocycles. The van der Waals surface area contributed by atoms with Gasteiger partial charge in [-0.3, -0.25) is 9.48 Å². The van der Waals surface area contributed by atoms with Crippen molar-refractivity contribution in [2.75, 3.05) is 6.61 Å². The molecular weight excluding hydrogens is 254 g/mol. The minimum Gasteiger partial charge on any atom is -0.465 e. The summed E-state index contributed by atoms with van der Waals surface area (Å²) in [6, 6.07) is 0. The van der Waals surface area contributed by atoms with Gasteiger partial charge in [0.25, 0.3) is 5.92 Å². The molecule has 0 N–H and O–H groups in total. The van der Waals surface area contributed by atoms with E-state index in [4.69, 9.17) is 4.74 Å². The van der Waals surface area contributed by atoms with Crippen molar-refractivity contribution in [1.82, 2.24) is 9.78 Å². The number of aromatic nitrogens is 2. The molecule has 19 heavy (non-hydrogen) atoms. The summed E-state index contributed by atoms with van der Waals surface area (Å²) in [5, 5.41) is 4.20. The highest BCUT2D eigenvalue weighted by atomic mass is 19.3. The van der Waals surface area contributed by atoms with Gasteiger partial charge in [-0.1, -0.05) is 6.92 Å². The zero-order valence-corrected chi connectivity index (χ0v) is 11.4. The number of hydrogen-bond acceptors (Lipinski definition) is 3. The minimum atomic E-state index is -3.00. The van der Waals surface area contributed by atoms with Crippen molar-refractivity contribution in [3.05, 3.63) is 17.0 Å². The highest BCUT2D eigenvalue weighted by molar-refractivity contribution is 5.69. The molecule has 106 valence electrons. The number of halogens is 2. The van der Waals surface area contributed by atoms with Crippen LogP contribution in [0.25, 0.3) is 0 Å². The van der Waals surface area contributed by atoms with Gasteiger partial charge in [0, 0.05) is 18.4 Å². The normalized spacial score (nSPS) is 18.5. The zero-order valence-electron chi connectivity index (χ0n) is 11.4. The molecule has 0 aromatic carbocycles. The van der Waals surface area contributed by atoms with Crippen LogP contribution in [0.1, 0.15) is 50.1 Å². The Morgan fingerprint density at radius 2 is 2.26 bits per heavy atom. The molecule has 0 aliphatic heterocycles. The molecule has 0 amide bonds. The van der Waals surface area contributed by atoms with Crippen molar-refractivity contribution < 1.29 is 18.3 Å². The number of carbonyl (C=O) groups is 1. The molecule has 1 atom stereocenters.